The maximum Gasteiger partial charge on any atom is 0.235 e. The number of hydrogen-bond donors (Lipinski definition) is 3. The van der Waals surface area contributed by atoms with E-state index >= 15 is 0 Å². The number of anilines is 1. The summed E-state index contributed by atoms with van der Waals surface area (Å²) in [7, 11) is 0. The van der Waals surface area contributed by atoms with Gasteiger partial charge >= 0.3 is 0 Å². The molecule has 0 radical (unpaired) electrons. The molecule has 0 unspecified atom stereocenters. The Morgan fingerprint density at radius 3 is 2.81 bits per heavy atom. The van der Waals surface area contributed by atoms with Crippen LogP contribution in [0.25, 0.3) is 11.0 Å². The topological polar surface area (TPSA) is 113 Å². The second kappa shape index (κ2) is 9.22. The van der Waals surface area contributed by atoms with Gasteiger partial charge in [0, 0.05) is 19.0 Å². The third kappa shape index (κ3) is 5.85. The van der Waals surface area contributed by atoms with Crippen molar-refractivity contribution < 1.29 is 14.1 Å². The molecule has 9 heteroatoms. The summed E-state index contributed by atoms with van der Waals surface area (Å²) in [6, 6.07) is 9.52. The monoisotopic (exact) mass is 387 g/mol. The average molecular weight is 387 g/mol. The molecule has 2 aromatic heterocycles. The molecule has 2 heterocycles. The third-order valence-corrected chi connectivity index (χ3v) is 4.65. The zero-order valence-corrected chi connectivity index (χ0v) is 15.8. The highest BCUT2D eigenvalue weighted by atomic mass is 32.2. The van der Waals surface area contributed by atoms with E-state index in [-0.39, 0.29) is 23.3 Å². The summed E-state index contributed by atoms with van der Waals surface area (Å²) >= 11 is 1.25. The number of hydrogen-bond acceptors (Lipinski definition) is 6. The van der Waals surface area contributed by atoms with Crippen molar-refractivity contribution in [1.29, 1.82) is 0 Å². The molecule has 0 fully saturated rings. The van der Waals surface area contributed by atoms with Crippen LogP contribution in [-0.2, 0) is 16.0 Å². The van der Waals surface area contributed by atoms with E-state index in [1.54, 1.807) is 13.0 Å². The lowest BCUT2D eigenvalue weighted by Crippen LogP contribution is -2.27. The quantitative estimate of drug-likeness (QED) is 0.486. The lowest BCUT2D eigenvalue weighted by atomic mass is 10.3. The van der Waals surface area contributed by atoms with Crippen molar-refractivity contribution >= 4 is 40.4 Å². The molecule has 142 valence electrons. The Bertz CT molecular complexity index is 888. The van der Waals surface area contributed by atoms with Crippen LogP contribution in [0.4, 0.5) is 5.82 Å². The van der Waals surface area contributed by atoms with E-state index in [4.69, 9.17) is 4.52 Å². The molecule has 0 atom stereocenters. The zero-order valence-electron chi connectivity index (χ0n) is 14.9. The van der Waals surface area contributed by atoms with Crippen LogP contribution in [0.2, 0.25) is 0 Å². The number of fused-ring (bicyclic) bond motifs is 1. The second-order valence-electron chi connectivity index (χ2n) is 6.02. The SMILES string of the molecule is Cc1cc(NC(=O)CSCC(=O)NCCCc2nc3ccccc3[nH]2)no1. The Hall–Kier alpha value is -2.81. The van der Waals surface area contributed by atoms with Crippen molar-refractivity contribution in [1.82, 2.24) is 20.4 Å². The average Bonchev–Trinajstić information content (AvgIpc) is 3.24. The van der Waals surface area contributed by atoms with Crippen molar-refractivity contribution in [3.8, 4) is 0 Å². The molecule has 0 aliphatic rings. The Kier molecular flexibility index (Phi) is 6.48. The summed E-state index contributed by atoms with van der Waals surface area (Å²) in [5.41, 5.74) is 1.97. The Balaban J connectivity index is 1.27. The largest absolute Gasteiger partial charge is 0.360 e. The number of carbonyl (C=O) groups excluding carboxylic acids is 2. The molecular weight excluding hydrogens is 366 g/mol. The van der Waals surface area contributed by atoms with Crippen LogP contribution < -0.4 is 10.6 Å². The van der Waals surface area contributed by atoms with Crippen molar-refractivity contribution in [2.24, 2.45) is 0 Å². The molecule has 3 N–H and O–H groups in total. The van der Waals surface area contributed by atoms with Gasteiger partial charge in [-0.05, 0) is 25.5 Å². The van der Waals surface area contributed by atoms with Crippen LogP contribution in [0.15, 0.2) is 34.9 Å². The van der Waals surface area contributed by atoms with Gasteiger partial charge in [0.1, 0.15) is 11.6 Å². The van der Waals surface area contributed by atoms with Crippen molar-refractivity contribution in [3.05, 3.63) is 41.9 Å². The molecule has 3 rings (SSSR count). The fourth-order valence-corrected chi connectivity index (χ4v) is 3.15. The summed E-state index contributed by atoms with van der Waals surface area (Å²) in [4.78, 5) is 31.3. The van der Waals surface area contributed by atoms with E-state index in [9.17, 15) is 9.59 Å². The van der Waals surface area contributed by atoms with Crippen LogP contribution in [0, 0.1) is 6.92 Å². The predicted molar refractivity (Wildman–Crippen MR) is 105 cm³/mol. The van der Waals surface area contributed by atoms with E-state index in [0.29, 0.717) is 18.1 Å². The highest BCUT2D eigenvalue weighted by Crippen LogP contribution is 2.11. The van der Waals surface area contributed by atoms with Gasteiger partial charge in [-0.1, -0.05) is 17.3 Å². The van der Waals surface area contributed by atoms with Gasteiger partial charge in [-0.3, -0.25) is 9.59 Å². The summed E-state index contributed by atoms with van der Waals surface area (Å²) in [6.07, 6.45) is 1.56. The highest BCUT2D eigenvalue weighted by Gasteiger charge is 2.08. The maximum atomic E-state index is 11.8. The van der Waals surface area contributed by atoms with Crippen LogP contribution >= 0.6 is 11.8 Å². The predicted octanol–water partition coefficient (Wildman–Crippen LogP) is 2.28. The number of amides is 2. The summed E-state index contributed by atoms with van der Waals surface area (Å²) in [5, 5.41) is 9.15. The van der Waals surface area contributed by atoms with Crippen LogP contribution in [0.5, 0.6) is 0 Å². The van der Waals surface area contributed by atoms with Gasteiger partial charge in [0.25, 0.3) is 0 Å². The van der Waals surface area contributed by atoms with Gasteiger partial charge in [0.15, 0.2) is 5.82 Å². The molecule has 0 spiro atoms. The van der Waals surface area contributed by atoms with Crippen LogP contribution in [0.3, 0.4) is 0 Å². The molecule has 0 aliphatic heterocycles. The van der Waals surface area contributed by atoms with E-state index < -0.39 is 0 Å². The first-order valence-corrected chi connectivity index (χ1v) is 9.77. The number of thioether (sulfide) groups is 1. The molecular formula is C18H21N5O3S. The number of para-hydroxylation sites is 2. The van der Waals surface area contributed by atoms with E-state index in [2.05, 4.69) is 25.8 Å². The van der Waals surface area contributed by atoms with Crippen molar-refractivity contribution in [2.45, 2.75) is 19.8 Å². The summed E-state index contributed by atoms with van der Waals surface area (Å²) in [5.74, 6) is 2.03. The van der Waals surface area contributed by atoms with Gasteiger partial charge in [-0.25, -0.2) is 4.98 Å². The summed E-state index contributed by atoms with van der Waals surface area (Å²) in [6.45, 7) is 2.32. The summed E-state index contributed by atoms with van der Waals surface area (Å²) < 4.78 is 4.87. The number of rotatable bonds is 9. The number of aromatic nitrogens is 3. The highest BCUT2D eigenvalue weighted by molar-refractivity contribution is 8.00. The molecule has 1 aromatic carbocycles. The van der Waals surface area contributed by atoms with Gasteiger partial charge in [0.2, 0.25) is 11.8 Å². The number of carbonyl (C=O) groups is 2. The van der Waals surface area contributed by atoms with Crippen LogP contribution in [0.1, 0.15) is 18.0 Å². The number of imidazole rings is 1. The van der Waals surface area contributed by atoms with Crippen molar-refractivity contribution in [3.63, 3.8) is 0 Å². The first-order valence-electron chi connectivity index (χ1n) is 8.61. The molecule has 0 bridgehead atoms. The number of benzene rings is 1. The number of nitrogens with one attached hydrogen (secondary N) is 3. The lowest BCUT2D eigenvalue weighted by Gasteiger charge is -2.04. The Morgan fingerprint density at radius 2 is 2.04 bits per heavy atom. The van der Waals surface area contributed by atoms with Crippen molar-refractivity contribution in [2.75, 3.05) is 23.4 Å². The molecule has 2 amide bonds. The molecule has 27 heavy (non-hydrogen) atoms. The normalized spacial score (nSPS) is 10.9. The number of aryl methyl sites for hydroxylation is 2. The molecule has 0 saturated heterocycles. The first-order chi connectivity index (χ1) is 13.1. The third-order valence-electron chi connectivity index (χ3n) is 3.71. The van der Waals surface area contributed by atoms with E-state index in [1.807, 2.05) is 24.3 Å². The minimum Gasteiger partial charge on any atom is -0.360 e. The molecule has 0 saturated carbocycles. The fraction of sp³-hybridized carbons (Fsp3) is 0.333. The van der Waals surface area contributed by atoms with Gasteiger partial charge < -0.3 is 20.1 Å². The standard InChI is InChI=1S/C18H21N5O3S/c1-12-9-16(23-26-12)22-18(25)11-27-10-17(24)19-8-4-7-15-20-13-5-2-3-6-14(13)21-15/h2-3,5-6,9H,4,7-8,10-11H2,1H3,(H,19,24)(H,20,21)(H,22,23,25). The van der Waals surface area contributed by atoms with E-state index in [1.165, 1.54) is 11.8 Å². The second-order valence-corrected chi connectivity index (χ2v) is 7.00. The smallest absolute Gasteiger partial charge is 0.235 e. The van der Waals surface area contributed by atoms with Gasteiger partial charge in [-0.2, -0.15) is 0 Å². The minimum atomic E-state index is -0.217. The number of H-pyrrole nitrogens is 1. The van der Waals surface area contributed by atoms with E-state index in [0.717, 1.165) is 29.7 Å². The number of aromatic amines is 1. The Morgan fingerprint density at radius 1 is 1.22 bits per heavy atom. The maximum absolute atomic E-state index is 11.8. The zero-order chi connectivity index (χ0) is 19.1. The Labute approximate surface area is 160 Å². The van der Waals surface area contributed by atoms with Crippen LogP contribution in [-0.4, -0.2) is 45.0 Å². The first kappa shape index (κ1) is 19.0. The molecule has 8 nitrogen and oxygen atoms in total. The molecule has 3 aromatic rings. The molecule has 0 aliphatic carbocycles. The minimum absolute atomic E-state index is 0.0883. The van der Waals surface area contributed by atoms with Gasteiger partial charge in [0.05, 0.1) is 22.5 Å². The number of nitrogens with zero attached hydrogens (tertiary/aromatic N) is 2. The van der Waals surface area contributed by atoms with Gasteiger partial charge in [-0.15, -0.1) is 11.8 Å². The fourth-order valence-electron chi connectivity index (χ4n) is 2.50. The lowest BCUT2D eigenvalue weighted by molar-refractivity contribution is -0.118.